The van der Waals surface area contributed by atoms with Crippen molar-refractivity contribution in [2.45, 2.75) is 11.8 Å². The summed E-state index contributed by atoms with van der Waals surface area (Å²) < 4.78 is 31.2. The summed E-state index contributed by atoms with van der Waals surface area (Å²) in [5.41, 5.74) is 0.993. The van der Waals surface area contributed by atoms with E-state index in [4.69, 9.17) is 10.5 Å². The number of carboxylic acid groups (broad SMARTS) is 1. The summed E-state index contributed by atoms with van der Waals surface area (Å²) >= 11 is 0. The van der Waals surface area contributed by atoms with E-state index in [9.17, 15) is 17.8 Å². The van der Waals surface area contributed by atoms with Crippen molar-refractivity contribution in [1.82, 2.24) is 0 Å². The van der Waals surface area contributed by atoms with E-state index in [0.29, 0.717) is 0 Å². The summed E-state index contributed by atoms with van der Waals surface area (Å²) in [4.78, 5) is 13.0. The normalized spacial score (nSPS) is 10.0. The van der Waals surface area contributed by atoms with Gasteiger partial charge in [-0.25, -0.2) is 13.2 Å². The van der Waals surface area contributed by atoms with Gasteiger partial charge in [0.2, 0.25) is 5.39 Å². The summed E-state index contributed by atoms with van der Waals surface area (Å²) in [6, 6.07) is 11.7. The van der Waals surface area contributed by atoms with Crippen molar-refractivity contribution in [3.05, 3.63) is 64.6 Å². The van der Waals surface area contributed by atoms with Crippen LogP contribution in [0.15, 0.2) is 53.4 Å². The van der Waals surface area contributed by atoms with Crippen LogP contribution in [-0.4, -0.2) is 24.0 Å². The van der Waals surface area contributed by atoms with Gasteiger partial charge in [0.05, 0.1) is 4.90 Å². The van der Waals surface area contributed by atoms with Crippen molar-refractivity contribution in [3.8, 4) is 0 Å². The molecule has 0 unspecified atom stereocenters. The number of benzene rings is 2. The first-order valence-corrected chi connectivity index (χ1v) is 7.36. The van der Waals surface area contributed by atoms with Gasteiger partial charge in [0.25, 0.3) is 0 Å². The van der Waals surface area contributed by atoms with Gasteiger partial charge < -0.3 is 9.66 Å². The van der Waals surface area contributed by atoms with Crippen molar-refractivity contribution in [3.63, 3.8) is 0 Å². The molecule has 0 saturated carbocycles. The van der Waals surface area contributed by atoms with Gasteiger partial charge in [-0.2, -0.15) is 0 Å². The van der Waals surface area contributed by atoms with Gasteiger partial charge in [-0.05, 0) is 25.1 Å². The Morgan fingerprint density at radius 3 is 2.09 bits per heavy atom. The monoisotopic (exact) mass is 320 g/mol. The molecule has 2 aromatic carbocycles. The van der Waals surface area contributed by atoms with Crippen LogP contribution in [0.5, 0.6) is 0 Å². The first kappa shape index (κ1) is 17.3. The van der Waals surface area contributed by atoms with Gasteiger partial charge in [0, 0.05) is 6.07 Å². The minimum absolute atomic E-state index is 0.00463. The van der Waals surface area contributed by atoms with E-state index >= 15 is 0 Å². The quantitative estimate of drug-likeness (QED) is 0.670. The lowest BCUT2D eigenvalue weighted by Gasteiger charge is -2.05. The number of aryl methyl sites for hydroxylation is 1. The predicted molar refractivity (Wildman–Crippen MR) is 77.3 cm³/mol. The molecule has 0 heterocycles. The minimum atomic E-state index is -4.27. The molecule has 22 heavy (non-hydrogen) atoms. The summed E-state index contributed by atoms with van der Waals surface area (Å²) in [6.45, 7) is 1.82. The highest BCUT2D eigenvalue weighted by Crippen LogP contribution is 2.17. The van der Waals surface area contributed by atoms with E-state index in [1.807, 2.05) is 6.92 Å². The zero-order valence-corrected chi connectivity index (χ0v) is 12.3. The number of diazo groups is 1. The molecule has 0 aromatic heterocycles. The molecule has 114 valence electrons. The lowest BCUT2D eigenvalue weighted by molar-refractivity contribution is 0.0698. The summed E-state index contributed by atoms with van der Waals surface area (Å²) in [6.07, 6.45) is 0. The lowest BCUT2D eigenvalue weighted by Crippen LogP contribution is -1.97. The average molecular weight is 320 g/mol. The molecule has 7 nitrogen and oxygen atoms in total. The maximum atomic E-state index is 10.4. The second-order valence-corrected chi connectivity index (χ2v) is 5.57. The van der Waals surface area contributed by atoms with Crippen LogP contribution in [0.1, 0.15) is 15.9 Å². The van der Waals surface area contributed by atoms with Gasteiger partial charge in [0.1, 0.15) is 10.1 Å². The Kier molecular flexibility index (Phi) is 5.74. The molecule has 2 aromatic rings. The summed E-state index contributed by atoms with van der Waals surface area (Å²) in [5, 5.41) is 16.9. The van der Waals surface area contributed by atoms with Gasteiger partial charge in [-0.3, -0.25) is 0 Å². The lowest BCUT2D eigenvalue weighted by atomic mass is 10.2. The van der Waals surface area contributed by atoms with E-state index in [-0.39, 0.29) is 16.1 Å². The fourth-order valence-corrected chi connectivity index (χ4v) is 1.92. The zero-order valence-electron chi connectivity index (χ0n) is 11.5. The number of aromatic carboxylic acids is 1. The Morgan fingerprint density at radius 2 is 1.68 bits per heavy atom. The van der Waals surface area contributed by atoms with E-state index in [0.717, 1.165) is 5.56 Å². The Hall–Kier alpha value is -2.76. The van der Waals surface area contributed by atoms with Crippen LogP contribution < -0.4 is 0 Å². The average Bonchev–Trinajstić information content (AvgIpc) is 2.47. The van der Waals surface area contributed by atoms with Crippen molar-refractivity contribution < 1.29 is 22.9 Å². The van der Waals surface area contributed by atoms with Crippen molar-refractivity contribution in [2.75, 3.05) is 0 Å². The first-order chi connectivity index (χ1) is 10.3. The molecule has 0 aliphatic carbocycles. The molecular formula is C14H12N2O5S. The number of hydrogen-bond acceptors (Lipinski definition) is 5. The Balaban J connectivity index is 0.000000220. The minimum Gasteiger partial charge on any atom is -0.744 e. The van der Waals surface area contributed by atoms with Gasteiger partial charge in [-0.1, -0.05) is 29.8 Å². The maximum absolute atomic E-state index is 10.4. The van der Waals surface area contributed by atoms with Crippen LogP contribution in [-0.2, 0) is 10.1 Å². The molecular weight excluding hydrogens is 308 g/mol. The van der Waals surface area contributed by atoms with Crippen LogP contribution in [0.4, 0.5) is 5.69 Å². The summed E-state index contributed by atoms with van der Waals surface area (Å²) in [7, 11) is -4.27. The number of nitrogens with zero attached hydrogens (tertiary/aromatic N) is 2. The standard InChI is InChI=1S/C7H4N2O2.C7H8O3S/c8-9-6-4-2-1-3-5(6)7(10)11;1-6-2-4-7(5-3-6)11(8,9)10/h1-4H;2-5H,1H3,(H,8,9,10). The fraction of sp³-hybridized carbons (Fsp3) is 0.0714. The first-order valence-electron chi connectivity index (χ1n) is 5.95. The molecule has 0 amide bonds. The number of carbonyl (C=O) groups is 1. The van der Waals surface area contributed by atoms with Crippen LogP contribution in [0.25, 0.3) is 4.98 Å². The molecule has 0 atom stereocenters. The molecule has 0 aliphatic heterocycles. The summed E-state index contributed by atoms with van der Waals surface area (Å²) in [5.74, 6) is -1.10. The Bertz CT molecular complexity index is 808. The molecule has 2 rings (SSSR count). The highest BCUT2D eigenvalue weighted by Gasteiger charge is 2.17. The Morgan fingerprint density at radius 1 is 1.14 bits per heavy atom. The Labute approximate surface area is 127 Å². The van der Waals surface area contributed by atoms with Crippen LogP contribution in [0.2, 0.25) is 0 Å². The molecule has 0 bridgehead atoms. The smallest absolute Gasteiger partial charge is 0.399 e. The van der Waals surface area contributed by atoms with Gasteiger partial charge in [0.15, 0.2) is 10.5 Å². The van der Waals surface area contributed by atoms with E-state index in [1.165, 1.54) is 24.3 Å². The topological polar surface area (TPSA) is 123 Å². The molecule has 0 fully saturated rings. The fourth-order valence-electron chi connectivity index (χ4n) is 1.45. The van der Waals surface area contributed by atoms with Crippen LogP contribution in [0.3, 0.4) is 0 Å². The maximum Gasteiger partial charge on any atom is 0.399 e. The van der Waals surface area contributed by atoms with Crippen LogP contribution in [0, 0.1) is 12.3 Å². The van der Waals surface area contributed by atoms with Crippen LogP contribution >= 0.6 is 0 Å². The second kappa shape index (κ2) is 7.31. The molecule has 0 aliphatic rings. The molecule has 1 N–H and O–H groups in total. The van der Waals surface area contributed by atoms with E-state index < -0.39 is 16.1 Å². The van der Waals surface area contributed by atoms with E-state index in [1.54, 1.807) is 24.3 Å². The third kappa shape index (κ3) is 4.97. The molecule has 0 saturated heterocycles. The van der Waals surface area contributed by atoms with Gasteiger partial charge >= 0.3 is 11.7 Å². The number of rotatable bonds is 2. The zero-order chi connectivity index (χ0) is 16.8. The SMILES string of the molecule is Cc1ccc(S(=O)(=O)[O-])cc1.N#[N+]c1ccccc1C(=O)O. The number of carboxylic acids is 1. The van der Waals surface area contributed by atoms with Crippen molar-refractivity contribution in [1.29, 1.82) is 5.39 Å². The van der Waals surface area contributed by atoms with E-state index in [2.05, 4.69) is 4.98 Å². The molecule has 0 spiro atoms. The predicted octanol–water partition coefficient (Wildman–Crippen LogP) is 2.77. The highest BCUT2D eigenvalue weighted by molar-refractivity contribution is 7.85. The third-order valence-electron chi connectivity index (χ3n) is 2.55. The highest BCUT2D eigenvalue weighted by atomic mass is 32.2. The van der Waals surface area contributed by atoms with Crippen molar-refractivity contribution >= 4 is 21.8 Å². The third-order valence-corrected chi connectivity index (χ3v) is 3.40. The molecule has 8 heteroatoms. The molecule has 0 radical (unpaired) electrons. The number of hydrogen-bond donors (Lipinski definition) is 1. The van der Waals surface area contributed by atoms with Crippen molar-refractivity contribution in [2.24, 2.45) is 0 Å². The largest absolute Gasteiger partial charge is 0.744 e. The van der Waals surface area contributed by atoms with Gasteiger partial charge in [-0.15, -0.1) is 0 Å². The second-order valence-electron chi connectivity index (χ2n) is 4.19.